The molecule has 128 valence electrons. The summed E-state index contributed by atoms with van der Waals surface area (Å²) in [7, 11) is 0. The van der Waals surface area contributed by atoms with Crippen LogP contribution in [-0.4, -0.2) is 25.8 Å². The van der Waals surface area contributed by atoms with Crippen LogP contribution >= 0.6 is 0 Å². The number of aromatic nitrogens is 2. The first-order valence-corrected chi connectivity index (χ1v) is 8.66. The molecule has 5 nitrogen and oxygen atoms in total. The monoisotopic (exact) mass is 343 g/mol. The van der Waals surface area contributed by atoms with E-state index in [1.54, 1.807) is 0 Å². The van der Waals surface area contributed by atoms with Crippen LogP contribution in [0.3, 0.4) is 0 Å². The first kappa shape index (κ1) is 15.0. The second kappa shape index (κ2) is 5.59. The molecule has 0 aliphatic carbocycles. The molecular formula is C21H17N3O2. The van der Waals surface area contributed by atoms with Gasteiger partial charge in [0.15, 0.2) is 0 Å². The Bertz CT molecular complexity index is 1150. The number of hydrogen-bond acceptors (Lipinski definition) is 2. The third-order valence-electron chi connectivity index (χ3n) is 5.16. The van der Waals surface area contributed by atoms with E-state index in [0.717, 1.165) is 21.8 Å². The number of amides is 2. The van der Waals surface area contributed by atoms with Crippen molar-refractivity contribution >= 4 is 33.6 Å². The first-order chi connectivity index (χ1) is 12.7. The molecule has 1 aliphatic heterocycles. The Kier molecular flexibility index (Phi) is 3.22. The maximum Gasteiger partial charge on any atom is 0.254 e. The minimum Gasteiger partial charge on any atom is -0.334 e. The molecule has 0 radical (unpaired) electrons. The molecule has 4 aromatic rings. The predicted octanol–water partition coefficient (Wildman–Crippen LogP) is 3.55. The molecule has 26 heavy (non-hydrogen) atoms. The Morgan fingerprint density at radius 1 is 0.808 bits per heavy atom. The molecule has 1 unspecified atom stereocenters. The van der Waals surface area contributed by atoms with Crippen molar-refractivity contribution in [3.63, 3.8) is 0 Å². The third-order valence-corrected chi connectivity index (χ3v) is 5.16. The van der Waals surface area contributed by atoms with Crippen molar-refractivity contribution in [2.24, 2.45) is 0 Å². The van der Waals surface area contributed by atoms with E-state index >= 15 is 0 Å². The van der Waals surface area contributed by atoms with Crippen LogP contribution in [0.15, 0.2) is 73.1 Å². The van der Waals surface area contributed by atoms with Crippen LogP contribution in [0, 0.1) is 0 Å². The molecule has 2 aromatic heterocycles. The Labute approximate surface area is 150 Å². The van der Waals surface area contributed by atoms with Crippen LogP contribution in [0.1, 0.15) is 12.5 Å². The summed E-state index contributed by atoms with van der Waals surface area (Å²) in [5, 5.41) is 2.17. The maximum atomic E-state index is 13.0. The number of likely N-dealkylation sites (tertiary alicyclic amines) is 1. The summed E-state index contributed by atoms with van der Waals surface area (Å²) in [5.41, 5.74) is 2.00. The van der Waals surface area contributed by atoms with Gasteiger partial charge in [-0.3, -0.25) is 14.5 Å². The van der Waals surface area contributed by atoms with Gasteiger partial charge >= 0.3 is 0 Å². The van der Waals surface area contributed by atoms with E-state index in [4.69, 9.17) is 0 Å². The van der Waals surface area contributed by atoms with E-state index < -0.39 is 6.04 Å². The summed E-state index contributed by atoms with van der Waals surface area (Å²) in [6.07, 6.45) is 4.02. The van der Waals surface area contributed by atoms with Crippen LogP contribution in [-0.2, 0) is 16.3 Å². The van der Waals surface area contributed by atoms with E-state index in [0.29, 0.717) is 0 Å². The SMILES string of the molecule is O=C1CC(n2ccc3ccccc32)C(=O)N1Cn1ccc2ccccc21. The molecule has 1 aliphatic rings. The number of benzene rings is 2. The van der Waals surface area contributed by atoms with E-state index in [-0.39, 0.29) is 24.9 Å². The van der Waals surface area contributed by atoms with Gasteiger partial charge < -0.3 is 9.13 Å². The highest BCUT2D eigenvalue weighted by Crippen LogP contribution is 2.30. The van der Waals surface area contributed by atoms with Gasteiger partial charge in [0.25, 0.3) is 5.91 Å². The molecule has 5 rings (SSSR count). The number of imide groups is 1. The fourth-order valence-electron chi connectivity index (χ4n) is 3.82. The Balaban J connectivity index is 1.48. The molecule has 1 fully saturated rings. The quantitative estimate of drug-likeness (QED) is 0.534. The number of carbonyl (C=O) groups is 2. The summed E-state index contributed by atoms with van der Waals surface area (Å²) in [6.45, 7) is 0.251. The smallest absolute Gasteiger partial charge is 0.254 e. The van der Waals surface area contributed by atoms with Crippen molar-refractivity contribution in [1.29, 1.82) is 0 Å². The number of para-hydroxylation sites is 2. The zero-order chi connectivity index (χ0) is 17.7. The largest absolute Gasteiger partial charge is 0.334 e. The molecule has 0 saturated carbocycles. The summed E-state index contributed by atoms with van der Waals surface area (Å²) in [6, 6.07) is 19.4. The molecule has 3 heterocycles. The zero-order valence-corrected chi connectivity index (χ0v) is 14.1. The van der Waals surface area contributed by atoms with Crippen LogP contribution in [0.25, 0.3) is 21.8 Å². The summed E-state index contributed by atoms with van der Waals surface area (Å²) >= 11 is 0. The number of carbonyl (C=O) groups excluding carboxylic acids is 2. The lowest BCUT2D eigenvalue weighted by atomic mass is 10.2. The fourth-order valence-corrected chi connectivity index (χ4v) is 3.82. The van der Waals surface area contributed by atoms with Gasteiger partial charge in [-0.1, -0.05) is 36.4 Å². The van der Waals surface area contributed by atoms with Crippen molar-refractivity contribution < 1.29 is 9.59 Å². The maximum absolute atomic E-state index is 13.0. The topological polar surface area (TPSA) is 47.2 Å². The average Bonchev–Trinajstić information content (AvgIpc) is 3.34. The summed E-state index contributed by atoms with van der Waals surface area (Å²) < 4.78 is 3.87. The number of rotatable bonds is 3. The molecule has 2 amide bonds. The summed E-state index contributed by atoms with van der Waals surface area (Å²) in [5.74, 6) is -0.273. The lowest BCUT2D eigenvalue weighted by Crippen LogP contribution is -2.32. The first-order valence-electron chi connectivity index (χ1n) is 8.66. The van der Waals surface area contributed by atoms with Crippen LogP contribution in [0.2, 0.25) is 0 Å². The minimum atomic E-state index is -0.468. The van der Waals surface area contributed by atoms with Crippen LogP contribution in [0.4, 0.5) is 0 Å². The van der Waals surface area contributed by atoms with Gasteiger partial charge in [0.1, 0.15) is 12.7 Å². The normalized spacial score (nSPS) is 17.7. The Morgan fingerprint density at radius 2 is 1.46 bits per heavy atom. The molecule has 0 bridgehead atoms. The molecule has 1 atom stereocenters. The van der Waals surface area contributed by atoms with Crippen LogP contribution in [0.5, 0.6) is 0 Å². The molecule has 0 N–H and O–H groups in total. The van der Waals surface area contributed by atoms with Gasteiger partial charge in [-0.25, -0.2) is 0 Å². The van der Waals surface area contributed by atoms with Gasteiger partial charge in [-0.05, 0) is 35.0 Å². The standard InChI is InChI=1S/C21H17N3O2/c25-20-13-19(23-12-10-16-6-2-4-8-18(16)23)21(26)24(20)14-22-11-9-15-5-1-3-7-17(15)22/h1-12,19H,13-14H2. The zero-order valence-electron chi connectivity index (χ0n) is 14.1. The van der Waals surface area contributed by atoms with Gasteiger partial charge in [0, 0.05) is 23.4 Å². The number of nitrogens with zero attached hydrogens (tertiary/aromatic N) is 3. The van der Waals surface area contributed by atoms with Crippen LogP contribution < -0.4 is 0 Å². The molecule has 5 heteroatoms. The van der Waals surface area contributed by atoms with Crippen molar-refractivity contribution in [3.8, 4) is 0 Å². The van der Waals surface area contributed by atoms with Crippen molar-refractivity contribution in [2.75, 3.05) is 0 Å². The van der Waals surface area contributed by atoms with Gasteiger partial charge in [0.05, 0.1) is 6.42 Å². The lowest BCUT2D eigenvalue weighted by molar-refractivity contribution is -0.141. The second-order valence-corrected chi connectivity index (χ2v) is 6.65. The Morgan fingerprint density at radius 3 is 2.27 bits per heavy atom. The fraction of sp³-hybridized carbons (Fsp3) is 0.143. The molecule has 1 saturated heterocycles. The van der Waals surface area contributed by atoms with E-state index in [1.807, 2.05) is 82.2 Å². The predicted molar refractivity (Wildman–Crippen MR) is 99.4 cm³/mol. The third kappa shape index (κ3) is 2.17. The Hall–Kier alpha value is -3.34. The van der Waals surface area contributed by atoms with Gasteiger partial charge in [0.2, 0.25) is 5.91 Å². The van der Waals surface area contributed by atoms with Crippen molar-refractivity contribution in [3.05, 3.63) is 73.1 Å². The van der Waals surface area contributed by atoms with Gasteiger partial charge in [-0.15, -0.1) is 0 Å². The van der Waals surface area contributed by atoms with Gasteiger partial charge in [-0.2, -0.15) is 0 Å². The highest BCUT2D eigenvalue weighted by Gasteiger charge is 2.40. The molecule has 0 spiro atoms. The highest BCUT2D eigenvalue weighted by atomic mass is 16.2. The van der Waals surface area contributed by atoms with Crippen molar-refractivity contribution in [1.82, 2.24) is 14.0 Å². The summed E-state index contributed by atoms with van der Waals surface area (Å²) in [4.78, 5) is 26.9. The lowest BCUT2D eigenvalue weighted by Gasteiger charge is -2.17. The second-order valence-electron chi connectivity index (χ2n) is 6.65. The number of fused-ring (bicyclic) bond motifs is 2. The van der Waals surface area contributed by atoms with Crippen molar-refractivity contribution in [2.45, 2.75) is 19.1 Å². The average molecular weight is 343 g/mol. The minimum absolute atomic E-state index is 0.129. The highest BCUT2D eigenvalue weighted by molar-refractivity contribution is 6.05. The van der Waals surface area contributed by atoms with E-state index in [1.165, 1.54) is 4.90 Å². The molecule has 2 aromatic carbocycles. The molecular weight excluding hydrogens is 326 g/mol. The number of hydrogen-bond donors (Lipinski definition) is 0. The van der Waals surface area contributed by atoms with E-state index in [2.05, 4.69) is 0 Å². The van der Waals surface area contributed by atoms with E-state index in [9.17, 15) is 9.59 Å².